The molecule has 1 N–H and O–H groups in total. The number of alkyl halides is 1. The fourth-order valence-corrected chi connectivity index (χ4v) is 17.9. The van der Waals surface area contributed by atoms with Crippen molar-refractivity contribution in [3.05, 3.63) is 11.5 Å². The quantitative estimate of drug-likeness (QED) is 0.153. The number of ether oxygens (including phenoxy) is 2. The molecule has 248 valence electrons. The molecule has 0 saturated carbocycles. The second kappa shape index (κ2) is 13.6. The number of imidazole rings is 1. The number of fused-ring (bicyclic) bond motifs is 2. The van der Waals surface area contributed by atoms with Crippen molar-refractivity contribution in [2.75, 3.05) is 18.5 Å². The number of carbonyl (C=O) groups is 1. The summed E-state index contributed by atoms with van der Waals surface area (Å²) in [6.45, 7) is 20.9. The van der Waals surface area contributed by atoms with Gasteiger partial charge in [0, 0.05) is 0 Å². The molecule has 4 heterocycles. The molecule has 11 nitrogen and oxygen atoms in total. The smallest absolute Gasteiger partial charge is 0.414 e. The average molecular weight is 674 g/mol. The summed E-state index contributed by atoms with van der Waals surface area (Å²) in [5, 5.41) is 2.52. The third-order valence-corrected chi connectivity index (χ3v) is 19.3. The second-order valence-electron chi connectivity index (χ2n) is 13.3. The molecular formula is C29H49ClFN5O6Si2. The van der Waals surface area contributed by atoms with E-state index >= 15 is 4.39 Å². The van der Waals surface area contributed by atoms with E-state index in [1.165, 1.54) is 17.8 Å². The first-order valence-corrected chi connectivity index (χ1v) is 20.1. The molecule has 1 amide bonds. The minimum Gasteiger partial charge on any atom is -0.449 e. The predicted octanol–water partition coefficient (Wildman–Crippen LogP) is 7.80. The van der Waals surface area contributed by atoms with E-state index in [1.54, 1.807) is 0 Å². The molecule has 2 aliphatic rings. The van der Waals surface area contributed by atoms with Crippen LogP contribution in [0.4, 0.5) is 15.1 Å². The highest BCUT2D eigenvalue weighted by Gasteiger charge is 2.65. The number of amides is 1. The first-order valence-electron chi connectivity index (χ1n) is 15.8. The summed E-state index contributed by atoms with van der Waals surface area (Å²) in [7, 11) is -5.93. The Bertz CT molecular complexity index is 1300. The van der Waals surface area contributed by atoms with Gasteiger partial charge >= 0.3 is 23.2 Å². The second-order valence-corrected chi connectivity index (χ2v) is 22.5. The Labute approximate surface area is 267 Å². The lowest BCUT2D eigenvalue weighted by atomic mass is 9.98. The van der Waals surface area contributed by atoms with E-state index in [9.17, 15) is 4.79 Å². The lowest BCUT2D eigenvalue weighted by molar-refractivity contribution is -0.0594. The van der Waals surface area contributed by atoms with Crippen molar-refractivity contribution in [1.29, 1.82) is 0 Å². The van der Waals surface area contributed by atoms with Crippen LogP contribution in [0, 0.1) is 0 Å². The summed E-state index contributed by atoms with van der Waals surface area (Å²) in [5.41, 5.74) is -1.25. The summed E-state index contributed by atoms with van der Waals surface area (Å²) in [6, 6.07) is 0. The average Bonchev–Trinajstić information content (AvgIpc) is 3.43. The van der Waals surface area contributed by atoms with Crippen molar-refractivity contribution < 1.29 is 31.6 Å². The zero-order valence-electron chi connectivity index (χ0n) is 27.6. The maximum Gasteiger partial charge on any atom is 0.414 e. The third-order valence-electron chi connectivity index (χ3n) is 8.83. The van der Waals surface area contributed by atoms with Crippen LogP contribution in [0.15, 0.2) is 6.33 Å². The molecule has 2 saturated heterocycles. The zero-order chi connectivity index (χ0) is 32.6. The van der Waals surface area contributed by atoms with Gasteiger partial charge in [0.15, 0.2) is 22.7 Å². The van der Waals surface area contributed by atoms with Crippen LogP contribution in [-0.4, -0.2) is 73.8 Å². The van der Waals surface area contributed by atoms with E-state index in [0.29, 0.717) is 0 Å². The van der Waals surface area contributed by atoms with E-state index in [2.05, 4.69) is 82.6 Å². The lowest BCUT2D eigenvalue weighted by Crippen LogP contribution is -2.66. The number of aromatic nitrogens is 4. The highest BCUT2D eigenvalue weighted by Crippen LogP contribution is 2.52. The van der Waals surface area contributed by atoms with Gasteiger partial charge in [-0.15, -0.1) is 0 Å². The van der Waals surface area contributed by atoms with E-state index in [1.807, 2.05) is 0 Å². The fourth-order valence-electron chi connectivity index (χ4n) is 6.41. The largest absolute Gasteiger partial charge is 0.449 e. The van der Waals surface area contributed by atoms with Gasteiger partial charge in [-0.2, -0.15) is 9.97 Å². The lowest BCUT2D eigenvalue weighted by Gasteiger charge is -2.51. The highest BCUT2D eigenvalue weighted by molar-refractivity contribution is 6.84. The molecule has 44 heavy (non-hydrogen) atoms. The van der Waals surface area contributed by atoms with Crippen LogP contribution in [0.25, 0.3) is 11.2 Å². The Balaban J connectivity index is 1.72. The molecule has 0 radical (unpaired) electrons. The van der Waals surface area contributed by atoms with Crippen LogP contribution in [0.1, 0.15) is 94.7 Å². The number of anilines is 1. The molecule has 0 aliphatic carbocycles. The molecule has 0 unspecified atom stereocenters. The Kier molecular flexibility index (Phi) is 10.9. The van der Waals surface area contributed by atoms with Crippen LogP contribution in [0.5, 0.6) is 0 Å². The maximum absolute atomic E-state index is 17.3. The first kappa shape index (κ1) is 35.2. The van der Waals surface area contributed by atoms with Gasteiger partial charge < -0.3 is 22.4 Å². The number of halogens is 2. The summed E-state index contributed by atoms with van der Waals surface area (Å²) in [5.74, 6) is -0.0852. The predicted molar refractivity (Wildman–Crippen MR) is 172 cm³/mol. The number of unbranched alkanes of at least 4 members (excludes halogenated alkanes) is 2. The normalized spacial score (nSPS) is 26.8. The summed E-state index contributed by atoms with van der Waals surface area (Å²) in [6.07, 6.45) is 0.564. The molecule has 0 aromatic carbocycles. The Morgan fingerprint density at radius 1 is 1.11 bits per heavy atom. The molecule has 0 bridgehead atoms. The number of nitrogens with zero attached hydrogens (tertiary/aromatic N) is 4. The van der Waals surface area contributed by atoms with Crippen LogP contribution in [-0.2, 0) is 22.4 Å². The summed E-state index contributed by atoms with van der Waals surface area (Å²) >= 11 is 6.44. The SMILES string of the molecule is CCCCCOC(=O)Nc1nc(Cl)c2ncn([C@@H]3O[C@@H]4CO[Si](C(C)C)(C(C)C)O[Si](C(C)C)(C(C)C)O[C@H]4[C@@]3(C)F)c2n1. The number of carbonyl (C=O) groups excluding carboxylic acids is 1. The van der Waals surface area contributed by atoms with Crippen molar-refractivity contribution in [3.8, 4) is 0 Å². The van der Waals surface area contributed by atoms with Crippen LogP contribution in [0.2, 0.25) is 27.3 Å². The third kappa shape index (κ3) is 6.45. The van der Waals surface area contributed by atoms with E-state index in [-0.39, 0.29) is 57.6 Å². The van der Waals surface area contributed by atoms with Gasteiger partial charge in [0.05, 0.1) is 19.5 Å². The Morgan fingerprint density at radius 3 is 2.34 bits per heavy atom. The Hall–Kier alpha value is -1.69. The van der Waals surface area contributed by atoms with Gasteiger partial charge in [-0.25, -0.2) is 14.2 Å². The van der Waals surface area contributed by atoms with E-state index < -0.39 is 47.3 Å². The van der Waals surface area contributed by atoms with Gasteiger partial charge in [-0.3, -0.25) is 9.88 Å². The van der Waals surface area contributed by atoms with Crippen molar-refractivity contribution >= 4 is 51.9 Å². The van der Waals surface area contributed by atoms with Crippen LogP contribution < -0.4 is 5.32 Å². The van der Waals surface area contributed by atoms with E-state index in [0.717, 1.165) is 19.3 Å². The topological polar surface area (TPSA) is 119 Å². The van der Waals surface area contributed by atoms with Gasteiger partial charge in [0.1, 0.15) is 17.7 Å². The molecule has 0 spiro atoms. The summed E-state index contributed by atoms with van der Waals surface area (Å²) < 4.78 is 51.5. The van der Waals surface area contributed by atoms with Gasteiger partial charge in [-0.05, 0) is 35.5 Å². The molecule has 2 aliphatic heterocycles. The number of rotatable bonds is 10. The highest BCUT2D eigenvalue weighted by atomic mass is 35.5. The molecule has 15 heteroatoms. The standard InChI is InChI=1S/C29H49ClFN5O6Si2/c1-11-12-13-14-38-28(37)35-27-33-24(30)22-25(34-27)36(16-32-22)26-29(10,31)23-21(40-26)15-39-43(17(2)3,18(4)5)42-44(41-23,19(6)7)20(8)9/h16-21,23,26H,11-15H2,1-10H3,(H,33,34,35,37)/t21-,23-,26-,29-/m1/s1. The molecule has 2 aromatic rings. The molecule has 2 fully saturated rings. The monoisotopic (exact) mass is 673 g/mol. The van der Waals surface area contributed by atoms with Crippen LogP contribution in [0.3, 0.4) is 0 Å². The Morgan fingerprint density at radius 2 is 1.75 bits per heavy atom. The molecular weight excluding hydrogens is 625 g/mol. The van der Waals surface area contributed by atoms with Crippen molar-refractivity contribution in [2.45, 2.75) is 135 Å². The van der Waals surface area contributed by atoms with Crippen molar-refractivity contribution in [3.63, 3.8) is 0 Å². The molecule has 4 rings (SSSR count). The number of nitrogens with one attached hydrogen (secondary N) is 1. The number of hydrogen-bond donors (Lipinski definition) is 1. The summed E-state index contributed by atoms with van der Waals surface area (Å²) in [4.78, 5) is 25.3. The first-order chi connectivity index (χ1) is 20.6. The van der Waals surface area contributed by atoms with Crippen molar-refractivity contribution in [2.24, 2.45) is 0 Å². The minimum atomic E-state index is -3.09. The van der Waals surface area contributed by atoms with Gasteiger partial charge in [0.25, 0.3) is 0 Å². The zero-order valence-corrected chi connectivity index (χ0v) is 30.4. The number of hydrogen-bond acceptors (Lipinski definition) is 9. The van der Waals surface area contributed by atoms with E-state index in [4.69, 9.17) is 34.0 Å². The van der Waals surface area contributed by atoms with Crippen molar-refractivity contribution in [1.82, 2.24) is 19.5 Å². The molecule has 2 aromatic heterocycles. The van der Waals surface area contributed by atoms with Gasteiger partial charge in [-0.1, -0.05) is 86.8 Å². The van der Waals surface area contributed by atoms with Crippen LogP contribution >= 0.6 is 11.6 Å². The van der Waals surface area contributed by atoms with Gasteiger partial charge in [0.2, 0.25) is 5.95 Å². The maximum atomic E-state index is 17.3. The fraction of sp³-hybridized carbons (Fsp3) is 0.793. The minimum absolute atomic E-state index is 0.00304. The molecule has 4 atom stereocenters.